The van der Waals surface area contributed by atoms with Crippen molar-refractivity contribution in [3.63, 3.8) is 0 Å². The summed E-state index contributed by atoms with van der Waals surface area (Å²) < 4.78 is 5.47. The van der Waals surface area contributed by atoms with Crippen molar-refractivity contribution in [2.75, 3.05) is 13.2 Å². The minimum atomic E-state index is -0.851. The molecule has 0 bridgehead atoms. The zero-order valence-electron chi connectivity index (χ0n) is 46.0. The molecule has 0 aromatic rings. The number of aliphatic hydroxyl groups excluding tert-OH is 2. The van der Waals surface area contributed by atoms with Gasteiger partial charge in [-0.1, -0.05) is 262 Å². The first kappa shape index (κ1) is 66.8. The van der Waals surface area contributed by atoms with Gasteiger partial charge >= 0.3 is 5.97 Å². The number of allylic oxidation sites excluding steroid dienone is 7. The number of unbranched alkanes of at least 4 members (excludes halogenated alkanes) is 39. The molecule has 0 radical (unpaired) electrons. The van der Waals surface area contributed by atoms with Crippen LogP contribution in [-0.2, 0) is 14.3 Å². The lowest BCUT2D eigenvalue weighted by Gasteiger charge is -2.20. The highest BCUT2D eigenvalue weighted by Crippen LogP contribution is 2.16. The van der Waals surface area contributed by atoms with Crippen molar-refractivity contribution in [3.8, 4) is 0 Å². The highest BCUT2D eigenvalue weighted by molar-refractivity contribution is 5.76. The number of esters is 1. The van der Waals surface area contributed by atoms with Crippen LogP contribution in [0.1, 0.15) is 316 Å². The van der Waals surface area contributed by atoms with Gasteiger partial charge in [-0.05, 0) is 89.9 Å². The first-order valence-electron chi connectivity index (χ1n) is 30.4. The quantitative estimate of drug-likeness (QED) is 0.0321. The number of ether oxygens (including phenoxy) is 1. The Kier molecular flexibility index (Phi) is 56.5. The van der Waals surface area contributed by atoms with Crippen LogP contribution in [0.4, 0.5) is 0 Å². The first-order valence-corrected chi connectivity index (χ1v) is 30.4. The summed E-state index contributed by atoms with van der Waals surface area (Å²) in [4.78, 5) is 24.5. The van der Waals surface area contributed by atoms with Crippen molar-refractivity contribution in [2.45, 2.75) is 328 Å². The molecule has 6 nitrogen and oxygen atoms in total. The van der Waals surface area contributed by atoms with E-state index in [0.717, 1.165) is 57.8 Å². The van der Waals surface area contributed by atoms with Gasteiger partial charge in [-0.2, -0.15) is 0 Å². The molecule has 3 N–H and O–H groups in total. The number of hydrogen-bond acceptors (Lipinski definition) is 5. The Morgan fingerprint density at radius 3 is 1.14 bits per heavy atom. The summed E-state index contributed by atoms with van der Waals surface area (Å²) in [5.74, 6) is -0.0848. The predicted octanol–water partition coefficient (Wildman–Crippen LogP) is 19.0. The predicted molar refractivity (Wildman–Crippen MR) is 301 cm³/mol. The van der Waals surface area contributed by atoms with Crippen LogP contribution >= 0.6 is 0 Å². The van der Waals surface area contributed by atoms with Gasteiger partial charge < -0.3 is 20.3 Å². The number of nitrogens with one attached hydrogen (secondary N) is 1. The Hall–Kier alpha value is -2.18. The van der Waals surface area contributed by atoms with E-state index in [4.69, 9.17) is 4.74 Å². The average molecular weight is 969 g/mol. The van der Waals surface area contributed by atoms with Crippen LogP contribution in [0, 0.1) is 0 Å². The monoisotopic (exact) mass is 968 g/mol. The minimum absolute atomic E-state index is 0.00879. The molecule has 1 amide bonds. The van der Waals surface area contributed by atoms with Crippen molar-refractivity contribution in [1.82, 2.24) is 5.32 Å². The Bertz CT molecular complexity index is 1160. The molecule has 6 heteroatoms. The van der Waals surface area contributed by atoms with Gasteiger partial charge in [0.25, 0.3) is 0 Å². The normalized spacial score (nSPS) is 12.9. The molecule has 0 aliphatic heterocycles. The number of amides is 1. The standard InChI is InChI=1S/C63H117NO5/c1-3-5-7-9-11-13-15-17-19-24-28-31-35-39-43-47-51-55-61(66)60(59-65)64-62(67)56-52-48-44-40-36-32-29-25-22-20-21-23-26-30-34-38-42-46-50-54-58-69-63(68)57-53-49-45-41-37-33-27-18-16-14-12-10-8-6-4-2/h12,14,18,20,22,27,51,55,60-61,65-66H,3-11,13,15-17,19,21,23-26,28-50,52-54,56-59H2,1-2H3,(H,64,67)/b14-12-,22-20-,27-18-,55-51+. The van der Waals surface area contributed by atoms with Crippen molar-refractivity contribution < 1.29 is 24.5 Å². The Balaban J connectivity index is 3.47. The molecule has 0 saturated carbocycles. The van der Waals surface area contributed by atoms with E-state index in [2.05, 4.69) is 55.6 Å². The van der Waals surface area contributed by atoms with Gasteiger partial charge in [-0.25, -0.2) is 0 Å². The van der Waals surface area contributed by atoms with E-state index in [1.165, 1.54) is 231 Å². The molecule has 0 rings (SSSR count). The van der Waals surface area contributed by atoms with Crippen LogP contribution in [0.2, 0.25) is 0 Å². The lowest BCUT2D eigenvalue weighted by Crippen LogP contribution is -2.45. The summed E-state index contributed by atoms with van der Waals surface area (Å²) in [6, 6.07) is -0.635. The molecule has 0 saturated heterocycles. The first-order chi connectivity index (χ1) is 34.0. The molecule has 0 aliphatic carbocycles. The lowest BCUT2D eigenvalue weighted by atomic mass is 10.0. The summed E-state index contributed by atoms with van der Waals surface area (Å²) in [5.41, 5.74) is 0. The van der Waals surface area contributed by atoms with Gasteiger partial charge in [0.05, 0.1) is 25.4 Å². The molecule has 0 fully saturated rings. The fourth-order valence-corrected chi connectivity index (χ4v) is 9.13. The molecular weight excluding hydrogens is 851 g/mol. The second kappa shape index (κ2) is 58.4. The molecule has 0 aliphatic rings. The fraction of sp³-hybridized carbons (Fsp3) is 0.841. The summed E-state index contributed by atoms with van der Waals surface area (Å²) in [5, 5.41) is 23.1. The van der Waals surface area contributed by atoms with Gasteiger partial charge in [-0.3, -0.25) is 9.59 Å². The molecule has 0 aromatic carbocycles. The zero-order chi connectivity index (χ0) is 50.0. The van der Waals surface area contributed by atoms with Gasteiger partial charge in [0, 0.05) is 12.8 Å². The molecule has 0 aromatic heterocycles. The van der Waals surface area contributed by atoms with Crippen molar-refractivity contribution >= 4 is 11.9 Å². The van der Waals surface area contributed by atoms with Gasteiger partial charge in [0.1, 0.15) is 0 Å². The number of carbonyl (C=O) groups excluding carboxylic acids is 2. The second-order valence-corrected chi connectivity index (χ2v) is 20.7. The van der Waals surface area contributed by atoms with E-state index in [9.17, 15) is 19.8 Å². The van der Waals surface area contributed by atoms with Gasteiger partial charge in [-0.15, -0.1) is 0 Å². The number of aliphatic hydroxyl groups is 2. The van der Waals surface area contributed by atoms with E-state index < -0.39 is 12.1 Å². The van der Waals surface area contributed by atoms with Crippen LogP contribution in [-0.4, -0.2) is 47.4 Å². The van der Waals surface area contributed by atoms with E-state index >= 15 is 0 Å². The summed E-state index contributed by atoms with van der Waals surface area (Å²) in [6.45, 7) is 4.87. The van der Waals surface area contributed by atoms with Gasteiger partial charge in [0.15, 0.2) is 0 Å². The van der Waals surface area contributed by atoms with Crippen molar-refractivity contribution in [2.24, 2.45) is 0 Å². The smallest absolute Gasteiger partial charge is 0.305 e. The third-order valence-electron chi connectivity index (χ3n) is 13.8. The zero-order valence-corrected chi connectivity index (χ0v) is 46.0. The number of hydrogen-bond donors (Lipinski definition) is 3. The summed E-state index contributed by atoms with van der Waals surface area (Å²) in [6.07, 6.45) is 74.2. The van der Waals surface area contributed by atoms with Crippen LogP contribution in [0.25, 0.3) is 0 Å². The van der Waals surface area contributed by atoms with E-state index in [1.54, 1.807) is 6.08 Å². The van der Waals surface area contributed by atoms with Crippen molar-refractivity contribution in [1.29, 1.82) is 0 Å². The highest BCUT2D eigenvalue weighted by atomic mass is 16.5. The Labute approximate surface area is 429 Å². The van der Waals surface area contributed by atoms with Crippen molar-refractivity contribution in [3.05, 3.63) is 48.6 Å². The Morgan fingerprint density at radius 1 is 0.406 bits per heavy atom. The largest absolute Gasteiger partial charge is 0.466 e. The second-order valence-electron chi connectivity index (χ2n) is 20.7. The number of carbonyl (C=O) groups is 2. The van der Waals surface area contributed by atoms with Gasteiger partial charge in [0.2, 0.25) is 5.91 Å². The molecule has 0 spiro atoms. The molecule has 2 unspecified atom stereocenters. The summed E-state index contributed by atoms with van der Waals surface area (Å²) >= 11 is 0. The van der Waals surface area contributed by atoms with Crippen LogP contribution < -0.4 is 5.32 Å². The topological polar surface area (TPSA) is 95.9 Å². The Morgan fingerprint density at radius 2 is 0.725 bits per heavy atom. The maximum Gasteiger partial charge on any atom is 0.305 e. The molecule has 0 heterocycles. The van der Waals surface area contributed by atoms with Crippen LogP contribution in [0.15, 0.2) is 48.6 Å². The van der Waals surface area contributed by atoms with Crippen LogP contribution in [0.3, 0.4) is 0 Å². The average Bonchev–Trinajstić information content (AvgIpc) is 3.35. The molecule has 404 valence electrons. The maximum atomic E-state index is 12.5. The van der Waals surface area contributed by atoms with Crippen LogP contribution in [0.5, 0.6) is 0 Å². The lowest BCUT2D eigenvalue weighted by molar-refractivity contribution is -0.143. The third-order valence-corrected chi connectivity index (χ3v) is 13.8. The number of rotatable bonds is 56. The third kappa shape index (κ3) is 55.0. The molecule has 69 heavy (non-hydrogen) atoms. The van der Waals surface area contributed by atoms with E-state index in [-0.39, 0.29) is 18.5 Å². The fourth-order valence-electron chi connectivity index (χ4n) is 9.13. The SMILES string of the molecule is CCCCC/C=C\C/C=C\CCCCCCCC(=O)OCCCCCCCCCCC/C=C\CCCCCCCCCC(=O)NC(CO)C(O)/C=C/CCCCCCCCCCCCCCCCC. The maximum absolute atomic E-state index is 12.5. The minimum Gasteiger partial charge on any atom is -0.466 e. The van der Waals surface area contributed by atoms with E-state index in [0.29, 0.717) is 19.4 Å². The molecule has 2 atom stereocenters. The molecular formula is C63H117NO5. The summed E-state index contributed by atoms with van der Waals surface area (Å²) in [7, 11) is 0. The van der Waals surface area contributed by atoms with E-state index in [1.807, 2.05) is 6.08 Å². The highest BCUT2D eigenvalue weighted by Gasteiger charge is 2.18.